The second kappa shape index (κ2) is 5.83. The minimum Gasteiger partial charge on any atom is -0.405 e. The summed E-state index contributed by atoms with van der Waals surface area (Å²) in [4.78, 5) is 0. The van der Waals surface area contributed by atoms with Crippen molar-refractivity contribution in [2.75, 3.05) is 0 Å². The van der Waals surface area contributed by atoms with Gasteiger partial charge in [0, 0.05) is 5.56 Å². The smallest absolute Gasteiger partial charge is 0.405 e. The highest BCUT2D eigenvalue weighted by atomic mass is 19.4. The van der Waals surface area contributed by atoms with Gasteiger partial charge in [-0.3, -0.25) is 0 Å². The second-order valence-electron chi connectivity index (χ2n) is 4.45. The first-order chi connectivity index (χ1) is 10.6. The third-order valence-electron chi connectivity index (χ3n) is 2.86. The summed E-state index contributed by atoms with van der Waals surface area (Å²) in [5, 5.41) is 8.74. The minimum absolute atomic E-state index is 0.0695. The van der Waals surface area contributed by atoms with Crippen molar-refractivity contribution in [3.05, 3.63) is 53.6 Å². The molecule has 0 bridgehead atoms. The Bertz CT molecular complexity index is 741. The van der Waals surface area contributed by atoms with Crippen LogP contribution in [-0.4, -0.2) is 6.36 Å². The molecule has 0 heterocycles. The van der Waals surface area contributed by atoms with Gasteiger partial charge in [-0.25, -0.2) is 0 Å². The van der Waals surface area contributed by atoms with E-state index in [0.717, 1.165) is 30.3 Å². The van der Waals surface area contributed by atoms with Crippen LogP contribution in [-0.2, 0) is 6.18 Å². The summed E-state index contributed by atoms with van der Waals surface area (Å²) in [6.07, 6.45) is -9.54. The molecular formula is C15H7F6NO. The Kier molecular flexibility index (Phi) is 4.23. The summed E-state index contributed by atoms with van der Waals surface area (Å²) in [6, 6.07) is 8.55. The molecular weight excluding hydrogens is 324 g/mol. The number of halogens is 6. The zero-order valence-electron chi connectivity index (χ0n) is 11.2. The van der Waals surface area contributed by atoms with Crippen LogP contribution in [0.5, 0.6) is 5.75 Å². The summed E-state index contributed by atoms with van der Waals surface area (Å²) < 4.78 is 78.7. The number of nitriles is 1. The fourth-order valence-corrected chi connectivity index (χ4v) is 1.88. The van der Waals surface area contributed by atoms with Gasteiger partial charge < -0.3 is 4.74 Å². The Morgan fingerprint density at radius 1 is 0.870 bits per heavy atom. The molecule has 0 aliphatic rings. The van der Waals surface area contributed by atoms with E-state index in [1.807, 2.05) is 0 Å². The van der Waals surface area contributed by atoms with E-state index in [-0.39, 0.29) is 16.7 Å². The van der Waals surface area contributed by atoms with Crippen LogP contribution in [0.4, 0.5) is 26.3 Å². The quantitative estimate of drug-likeness (QED) is 0.714. The summed E-state index contributed by atoms with van der Waals surface area (Å²) in [7, 11) is 0. The van der Waals surface area contributed by atoms with E-state index < -0.39 is 23.9 Å². The average Bonchev–Trinajstić information content (AvgIpc) is 2.44. The maximum absolute atomic E-state index is 12.5. The van der Waals surface area contributed by atoms with Gasteiger partial charge in [0.1, 0.15) is 5.75 Å². The molecule has 2 nitrogen and oxygen atoms in total. The Hall–Kier alpha value is -2.69. The monoisotopic (exact) mass is 331 g/mol. The van der Waals surface area contributed by atoms with E-state index in [4.69, 9.17) is 5.26 Å². The molecule has 8 heteroatoms. The van der Waals surface area contributed by atoms with Crippen LogP contribution in [0.25, 0.3) is 11.1 Å². The normalized spacial score (nSPS) is 11.9. The van der Waals surface area contributed by atoms with Crippen molar-refractivity contribution in [3.63, 3.8) is 0 Å². The predicted octanol–water partition coefficient (Wildman–Crippen LogP) is 5.14. The molecule has 0 fully saturated rings. The van der Waals surface area contributed by atoms with Crippen LogP contribution >= 0.6 is 0 Å². The third-order valence-corrected chi connectivity index (χ3v) is 2.86. The Morgan fingerprint density at radius 2 is 1.48 bits per heavy atom. The zero-order valence-corrected chi connectivity index (χ0v) is 11.2. The molecule has 0 atom stereocenters. The molecule has 2 aromatic rings. The van der Waals surface area contributed by atoms with Crippen LogP contribution in [0.2, 0.25) is 0 Å². The van der Waals surface area contributed by atoms with Gasteiger partial charge >= 0.3 is 12.5 Å². The lowest BCUT2D eigenvalue weighted by Crippen LogP contribution is -2.17. The van der Waals surface area contributed by atoms with E-state index >= 15 is 0 Å². The van der Waals surface area contributed by atoms with E-state index in [0.29, 0.717) is 0 Å². The molecule has 0 spiro atoms. The van der Waals surface area contributed by atoms with Gasteiger partial charge in [-0.05, 0) is 35.9 Å². The van der Waals surface area contributed by atoms with Crippen molar-refractivity contribution in [1.82, 2.24) is 0 Å². The highest BCUT2D eigenvalue weighted by molar-refractivity contribution is 5.71. The minimum atomic E-state index is -4.99. The van der Waals surface area contributed by atoms with Crippen molar-refractivity contribution >= 4 is 0 Å². The molecule has 0 N–H and O–H groups in total. The van der Waals surface area contributed by atoms with Crippen LogP contribution in [0.15, 0.2) is 42.5 Å². The van der Waals surface area contributed by atoms with E-state index in [9.17, 15) is 26.3 Å². The van der Waals surface area contributed by atoms with Crippen molar-refractivity contribution in [3.8, 4) is 22.9 Å². The van der Waals surface area contributed by atoms with Crippen LogP contribution < -0.4 is 4.74 Å². The lowest BCUT2D eigenvalue weighted by molar-refractivity contribution is -0.274. The molecule has 0 saturated carbocycles. The maximum Gasteiger partial charge on any atom is 0.573 e. The van der Waals surface area contributed by atoms with Gasteiger partial charge in [-0.2, -0.15) is 18.4 Å². The largest absolute Gasteiger partial charge is 0.573 e. The van der Waals surface area contributed by atoms with E-state index in [1.54, 1.807) is 6.07 Å². The molecule has 0 radical (unpaired) electrons. The standard InChI is InChI=1S/C15H7F6NO/c16-14(17,18)11-4-2-10(3-5-11)12-6-1-9(8-22)7-13(12)23-15(19,20)21/h1-7H. The highest BCUT2D eigenvalue weighted by Gasteiger charge is 2.33. The molecule has 0 aliphatic carbocycles. The number of hydrogen-bond acceptors (Lipinski definition) is 2. The molecule has 0 aromatic heterocycles. The van der Waals surface area contributed by atoms with Gasteiger partial charge in [0.05, 0.1) is 17.2 Å². The van der Waals surface area contributed by atoms with E-state index in [1.165, 1.54) is 12.1 Å². The molecule has 0 saturated heterocycles. The molecule has 23 heavy (non-hydrogen) atoms. The number of rotatable bonds is 2. The number of nitrogens with zero attached hydrogens (tertiary/aromatic N) is 1. The van der Waals surface area contributed by atoms with Gasteiger partial charge in [-0.15, -0.1) is 13.2 Å². The van der Waals surface area contributed by atoms with E-state index in [2.05, 4.69) is 4.74 Å². The topological polar surface area (TPSA) is 33.0 Å². The fraction of sp³-hybridized carbons (Fsp3) is 0.133. The summed E-state index contributed by atoms with van der Waals surface area (Å²) in [5.41, 5.74) is -0.968. The van der Waals surface area contributed by atoms with Gasteiger partial charge in [0.25, 0.3) is 0 Å². The zero-order chi connectivity index (χ0) is 17.3. The lowest BCUT2D eigenvalue weighted by Gasteiger charge is -2.14. The molecule has 0 unspecified atom stereocenters. The SMILES string of the molecule is N#Cc1ccc(-c2ccc(C(F)(F)F)cc2)c(OC(F)(F)F)c1. The number of ether oxygens (including phenoxy) is 1. The summed E-state index contributed by atoms with van der Waals surface area (Å²) >= 11 is 0. The Labute approximate surface area is 126 Å². The van der Waals surface area contributed by atoms with Crippen molar-refractivity contribution in [2.45, 2.75) is 12.5 Å². The summed E-state index contributed by atoms with van der Waals surface area (Å²) in [6.45, 7) is 0. The number of benzene rings is 2. The van der Waals surface area contributed by atoms with Crippen molar-refractivity contribution in [2.24, 2.45) is 0 Å². The molecule has 0 aliphatic heterocycles. The molecule has 2 rings (SSSR count). The first-order valence-electron chi connectivity index (χ1n) is 6.08. The van der Waals surface area contributed by atoms with Crippen molar-refractivity contribution < 1.29 is 31.1 Å². The molecule has 120 valence electrons. The number of alkyl halides is 6. The maximum atomic E-state index is 12.5. The van der Waals surface area contributed by atoms with Gasteiger partial charge in [-0.1, -0.05) is 12.1 Å². The van der Waals surface area contributed by atoms with Crippen LogP contribution in [0.1, 0.15) is 11.1 Å². The second-order valence-corrected chi connectivity index (χ2v) is 4.45. The average molecular weight is 331 g/mol. The Balaban J connectivity index is 2.48. The predicted molar refractivity (Wildman–Crippen MR) is 68.3 cm³/mol. The molecule has 0 amide bonds. The van der Waals surface area contributed by atoms with Gasteiger partial charge in [0.2, 0.25) is 0 Å². The van der Waals surface area contributed by atoms with Gasteiger partial charge in [0.15, 0.2) is 0 Å². The van der Waals surface area contributed by atoms with Crippen LogP contribution in [0, 0.1) is 11.3 Å². The third kappa shape index (κ3) is 4.16. The Morgan fingerprint density at radius 3 is 1.96 bits per heavy atom. The summed E-state index contributed by atoms with van der Waals surface area (Å²) in [5.74, 6) is -0.656. The first-order valence-corrected chi connectivity index (χ1v) is 6.08. The first kappa shape index (κ1) is 16.7. The molecule has 2 aromatic carbocycles. The lowest BCUT2D eigenvalue weighted by atomic mass is 10.0. The van der Waals surface area contributed by atoms with Crippen molar-refractivity contribution in [1.29, 1.82) is 5.26 Å². The number of hydrogen-bond donors (Lipinski definition) is 0. The fourth-order valence-electron chi connectivity index (χ4n) is 1.88. The highest BCUT2D eigenvalue weighted by Crippen LogP contribution is 2.36. The van der Waals surface area contributed by atoms with Crippen LogP contribution in [0.3, 0.4) is 0 Å².